The molecule has 0 aromatic carbocycles. The maximum Gasteiger partial charge on any atom is 0.0558 e. The fraction of sp³-hybridized carbons (Fsp3) is 1.00. The van der Waals surface area contributed by atoms with E-state index >= 15 is 0 Å². The van der Waals surface area contributed by atoms with E-state index in [1.54, 1.807) is 0 Å². The average molecular weight is 184 g/mol. The van der Waals surface area contributed by atoms with Gasteiger partial charge in [0.25, 0.3) is 0 Å². The Balaban J connectivity index is 1.84. The predicted molar refractivity (Wildman–Crippen MR) is 52.7 cm³/mol. The Morgan fingerprint density at radius 3 is 2.92 bits per heavy atom. The number of β-amino-alcohol motifs (C(OH)–C–C–N with tert-alkyl or cyclic N) is 1. The van der Waals surface area contributed by atoms with Gasteiger partial charge in [-0.2, -0.15) is 0 Å². The van der Waals surface area contributed by atoms with Crippen molar-refractivity contribution in [1.29, 1.82) is 0 Å². The van der Waals surface area contributed by atoms with Gasteiger partial charge < -0.3 is 5.11 Å². The smallest absolute Gasteiger partial charge is 0.0558 e. The predicted octanol–water partition coefficient (Wildman–Crippen LogP) is 0.149. The number of aliphatic hydroxyl groups excluding tert-OH is 1. The van der Waals surface area contributed by atoms with E-state index < -0.39 is 0 Å². The Kier molecular flexibility index (Phi) is 3.19. The summed E-state index contributed by atoms with van der Waals surface area (Å²) in [5.41, 5.74) is 0. The average Bonchev–Trinajstić information content (AvgIpc) is 2.18. The minimum Gasteiger partial charge on any atom is -0.395 e. The molecule has 0 radical (unpaired) electrons. The molecule has 76 valence electrons. The first-order chi connectivity index (χ1) is 6.40. The Morgan fingerprint density at radius 1 is 1.15 bits per heavy atom. The van der Waals surface area contributed by atoms with Crippen LogP contribution in [0, 0.1) is 0 Å². The lowest BCUT2D eigenvalue weighted by Gasteiger charge is -2.43. The van der Waals surface area contributed by atoms with E-state index in [0.29, 0.717) is 6.61 Å². The molecule has 0 bridgehead atoms. The van der Waals surface area contributed by atoms with Crippen molar-refractivity contribution in [3.63, 3.8) is 0 Å². The SMILES string of the molecule is OCCN1CCN2CCCCC2C1. The van der Waals surface area contributed by atoms with Crippen LogP contribution >= 0.6 is 0 Å². The minimum absolute atomic E-state index is 0.312. The second-order valence-corrected chi connectivity index (χ2v) is 4.21. The van der Waals surface area contributed by atoms with Crippen molar-refractivity contribution in [2.75, 3.05) is 39.3 Å². The zero-order valence-corrected chi connectivity index (χ0v) is 8.28. The summed E-state index contributed by atoms with van der Waals surface area (Å²) in [4.78, 5) is 5.02. The number of nitrogens with zero attached hydrogens (tertiary/aromatic N) is 2. The molecule has 2 fully saturated rings. The lowest BCUT2D eigenvalue weighted by molar-refractivity contribution is 0.0414. The molecular weight excluding hydrogens is 164 g/mol. The lowest BCUT2D eigenvalue weighted by Crippen LogP contribution is -2.55. The summed E-state index contributed by atoms with van der Waals surface area (Å²) in [5.74, 6) is 0. The van der Waals surface area contributed by atoms with Crippen molar-refractivity contribution >= 4 is 0 Å². The third-order valence-electron chi connectivity index (χ3n) is 3.34. The van der Waals surface area contributed by atoms with E-state index in [1.165, 1.54) is 38.9 Å². The molecule has 2 aliphatic heterocycles. The second kappa shape index (κ2) is 4.40. The van der Waals surface area contributed by atoms with E-state index in [9.17, 15) is 0 Å². The molecule has 1 atom stereocenters. The second-order valence-electron chi connectivity index (χ2n) is 4.21. The highest BCUT2D eigenvalue weighted by Gasteiger charge is 2.28. The van der Waals surface area contributed by atoms with Crippen LogP contribution in [0.2, 0.25) is 0 Å². The van der Waals surface area contributed by atoms with Gasteiger partial charge in [0.1, 0.15) is 0 Å². The van der Waals surface area contributed by atoms with Crippen LogP contribution in [0.4, 0.5) is 0 Å². The van der Waals surface area contributed by atoms with Crippen LogP contribution in [0.3, 0.4) is 0 Å². The maximum atomic E-state index is 8.86. The Hall–Kier alpha value is -0.120. The van der Waals surface area contributed by atoms with Gasteiger partial charge in [0.05, 0.1) is 6.61 Å². The molecule has 0 amide bonds. The van der Waals surface area contributed by atoms with E-state index in [1.807, 2.05) is 0 Å². The summed E-state index contributed by atoms with van der Waals surface area (Å²) in [6.45, 7) is 6.02. The van der Waals surface area contributed by atoms with Crippen molar-refractivity contribution in [1.82, 2.24) is 9.80 Å². The highest BCUT2D eigenvalue weighted by atomic mass is 16.3. The molecule has 3 nitrogen and oxygen atoms in total. The maximum absolute atomic E-state index is 8.86. The molecule has 0 aromatic rings. The molecule has 2 saturated heterocycles. The third kappa shape index (κ3) is 2.22. The van der Waals surface area contributed by atoms with Crippen LogP contribution in [0.25, 0.3) is 0 Å². The first-order valence-electron chi connectivity index (χ1n) is 5.47. The van der Waals surface area contributed by atoms with Gasteiger partial charge in [0.2, 0.25) is 0 Å². The number of hydrogen-bond acceptors (Lipinski definition) is 3. The van der Waals surface area contributed by atoms with Gasteiger partial charge in [0, 0.05) is 32.2 Å². The van der Waals surface area contributed by atoms with Gasteiger partial charge in [-0.05, 0) is 19.4 Å². The Labute approximate surface area is 80.3 Å². The van der Waals surface area contributed by atoms with Crippen LogP contribution in [0.1, 0.15) is 19.3 Å². The molecule has 13 heavy (non-hydrogen) atoms. The molecule has 2 aliphatic rings. The molecule has 2 heterocycles. The van der Waals surface area contributed by atoms with E-state index in [4.69, 9.17) is 5.11 Å². The summed E-state index contributed by atoms with van der Waals surface area (Å²) in [7, 11) is 0. The number of fused-ring (bicyclic) bond motifs is 1. The topological polar surface area (TPSA) is 26.7 Å². The Morgan fingerprint density at radius 2 is 2.08 bits per heavy atom. The van der Waals surface area contributed by atoms with Crippen molar-refractivity contribution in [3.05, 3.63) is 0 Å². The fourth-order valence-corrected chi connectivity index (χ4v) is 2.56. The van der Waals surface area contributed by atoms with Gasteiger partial charge >= 0.3 is 0 Å². The molecule has 0 saturated carbocycles. The molecule has 3 heteroatoms. The zero-order chi connectivity index (χ0) is 9.10. The van der Waals surface area contributed by atoms with Gasteiger partial charge in [-0.1, -0.05) is 6.42 Å². The number of aliphatic hydroxyl groups is 1. The van der Waals surface area contributed by atoms with Gasteiger partial charge in [-0.15, -0.1) is 0 Å². The van der Waals surface area contributed by atoms with Crippen molar-refractivity contribution < 1.29 is 5.11 Å². The van der Waals surface area contributed by atoms with Crippen molar-refractivity contribution in [2.24, 2.45) is 0 Å². The lowest BCUT2D eigenvalue weighted by atomic mass is 9.99. The first-order valence-corrected chi connectivity index (χ1v) is 5.47. The normalized spacial score (nSPS) is 31.6. The minimum atomic E-state index is 0.312. The molecule has 0 spiro atoms. The van der Waals surface area contributed by atoms with E-state index in [2.05, 4.69) is 9.80 Å². The highest BCUT2D eigenvalue weighted by molar-refractivity contribution is 4.84. The zero-order valence-electron chi connectivity index (χ0n) is 8.28. The monoisotopic (exact) mass is 184 g/mol. The fourth-order valence-electron chi connectivity index (χ4n) is 2.56. The van der Waals surface area contributed by atoms with Gasteiger partial charge in [-0.3, -0.25) is 9.80 Å². The number of piperidine rings is 1. The van der Waals surface area contributed by atoms with Gasteiger partial charge in [-0.25, -0.2) is 0 Å². The summed E-state index contributed by atoms with van der Waals surface area (Å²) in [6, 6.07) is 0.786. The van der Waals surface area contributed by atoms with Gasteiger partial charge in [0.15, 0.2) is 0 Å². The molecule has 2 rings (SSSR count). The number of rotatable bonds is 2. The van der Waals surface area contributed by atoms with Crippen molar-refractivity contribution in [2.45, 2.75) is 25.3 Å². The molecular formula is C10H20N2O. The standard InChI is InChI=1S/C10H20N2O/c13-8-7-11-5-6-12-4-2-1-3-10(12)9-11/h10,13H,1-9H2. The molecule has 1 N–H and O–H groups in total. The first kappa shape index (κ1) is 9.44. The van der Waals surface area contributed by atoms with Crippen LogP contribution in [0.15, 0.2) is 0 Å². The summed E-state index contributed by atoms with van der Waals surface area (Å²) in [6.07, 6.45) is 4.15. The van der Waals surface area contributed by atoms with Crippen LogP contribution in [-0.2, 0) is 0 Å². The Bertz CT molecular complexity index is 163. The largest absolute Gasteiger partial charge is 0.395 e. The summed E-state index contributed by atoms with van der Waals surface area (Å²) in [5, 5.41) is 8.86. The van der Waals surface area contributed by atoms with Crippen LogP contribution in [-0.4, -0.2) is 60.3 Å². The molecule has 0 aliphatic carbocycles. The number of hydrogen-bond donors (Lipinski definition) is 1. The number of piperazine rings is 1. The summed E-state index contributed by atoms with van der Waals surface area (Å²) < 4.78 is 0. The van der Waals surface area contributed by atoms with Crippen molar-refractivity contribution in [3.8, 4) is 0 Å². The summed E-state index contributed by atoms with van der Waals surface area (Å²) >= 11 is 0. The van der Waals surface area contributed by atoms with Crippen LogP contribution < -0.4 is 0 Å². The van der Waals surface area contributed by atoms with E-state index in [0.717, 1.165) is 19.1 Å². The molecule has 1 unspecified atom stereocenters. The third-order valence-corrected chi connectivity index (χ3v) is 3.34. The quantitative estimate of drug-likeness (QED) is 0.662. The van der Waals surface area contributed by atoms with Crippen LogP contribution in [0.5, 0.6) is 0 Å². The molecule has 0 aromatic heterocycles. The highest BCUT2D eigenvalue weighted by Crippen LogP contribution is 2.20. The van der Waals surface area contributed by atoms with E-state index in [-0.39, 0.29) is 0 Å².